The van der Waals surface area contributed by atoms with E-state index in [1.54, 1.807) is 0 Å². The summed E-state index contributed by atoms with van der Waals surface area (Å²) in [5.74, 6) is 0.988. The van der Waals surface area contributed by atoms with Crippen LogP contribution in [0.15, 0.2) is 71.9 Å². The average molecular weight is 458 g/mol. The molecule has 1 unspecified atom stereocenters. The minimum Gasteiger partial charge on any atom is -0.352 e. The van der Waals surface area contributed by atoms with Crippen LogP contribution < -0.4 is 5.32 Å². The lowest BCUT2D eigenvalue weighted by molar-refractivity contribution is 0.0952. The lowest BCUT2D eigenvalue weighted by atomic mass is 9.91. The largest absolute Gasteiger partial charge is 0.352 e. The summed E-state index contributed by atoms with van der Waals surface area (Å²) >= 11 is 0. The molecular formula is C28H35N5O. The fourth-order valence-corrected chi connectivity index (χ4v) is 4.64. The van der Waals surface area contributed by atoms with Crippen molar-refractivity contribution in [3.8, 4) is 0 Å². The highest BCUT2D eigenvalue weighted by atomic mass is 16.1. The summed E-state index contributed by atoms with van der Waals surface area (Å²) in [6, 6.07) is 17.9. The van der Waals surface area contributed by atoms with Crippen LogP contribution in [0, 0.1) is 0 Å². The average Bonchev–Trinajstić information content (AvgIpc) is 3.29. The maximum atomic E-state index is 12.3. The highest BCUT2D eigenvalue weighted by Crippen LogP contribution is 2.24. The molecule has 1 atom stereocenters. The number of unbranched alkanes of at least 4 members (excludes halogenated alkanes) is 1. The highest BCUT2D eigenvalue weighted by molar-refractivity contribution is 5.94. The number of carbonyl (C=O) groups excluding carboxylic acids is 1. The third kappa shape index (κ3) is 6.41. The molecule has 1 aliphatic carbocycles. The Balaban J connectivity index is 1.40. The van der Waals surface area contributed by atoms with Gasteiger partial charge in [0.05, 0.1) is 17.6 Å². The van der Waals surface area contributed by atoms with E-state index < -0.39 is 0 Å². The van der Waals surface area contributed by atoms with Gasteiger partial charge in [-0.1, -0.05) is 42.8 Å². The summed E-state index contributed by atoms with van der Waals surface area (Å²) in [6.07, 6.45) is 10.5. The van der Waals surface area contributed by atoms with Crippen LogP contribution in [0.25, 0.3) is 11.0 Å². The fourth-order valence-electron chi connectivity index (χ4n) is 4.64. The van der Waals surface area contributed by atoms with Gasteiger partial charge in [0.2, 0.25) is 0 Å². The van der Waals surface area contributed by atoms with Crippen molar-refractivity contribution in [2.75, 3.05) is 13.1 Å². The zero-order chi connectivity index (χ0) is 23.6. The van der Waals surface area contributed by atoms with Crippen molar-refractivity contribution in [3.05, 3.63) is 78.3 Å². The zero-order valence-corrected chi connectivity index (χ0v) is 20.0. The number of aromatic amines is 1. The molecule has 6 nitrogen and oxygen atoms in total. The molecule has 2 N–H and O–H groups in total. The lowest BCUT2D eigenvalue weighted by Crippen LogP contribution is -2.43. The van der Waals surface area contributed by atoms with Gasteiger partial charge in [-0.2, -0.15) is 0 Å². The number of benzene rings is 2. The molecule has 0 radical (unpaired) electrons. The van der Waals surface area contributed by atoms with Crippen LogP contribution in [0.4, 0.5) is 0 Å². The molecule has 6 heteroatoms. The van der Waals surface area contributed by atoms with Crippen LogP contribution in [-0.4, -0.2) is 45.6 Å². The van der Waals surface area contributed by atoms with Crippen LogP contribution in [0.3, 0.4) is 0 Å². The summed E-state index contributed by atoms with van der Waals surface area (Å²) in [5, 5.41) is 3.05. The number of para-hydroxylation sites is 2. The van der Waals surface area contributed by atoms with E-state index in [0.29, 0.717) is 18.2 Å². The number of aromatic nitrogens is 2. The molecule has 1 aromatic heterocycles. The van der Waals surface area contributed by atoms with Gasteiger partial charge in [-0.05, 0) is 69.8 Å². The number of imidazole rings is 1. The van der Waals surface area contributed by atoms with E-state index in [4.69, 9.17) is 9.98 Å². The van der Waals surface area contributed by atoms with E-state index in [2.05, 4.69) is 27.3 Å². The number of allylic oxidation sites excluding steroid dienone is 1. The summed E-state index contributed by atoms with van der Waals surface area (Å²) in [4.78, 5) is 27.9. The zero-order valence-electron chi connectivity index (χ0n) is 20.0. The normalized spacial score (nSPS) is 17.7. The molecule has 0 aliphatic heterocycles. The van der Waals surface area contributed by atoms with E-state index in [9.17, 15) is 4.79 Å². The Morgan fingerprint density at radius 1 is 1.15 bits per heavy atom. The number of carbonyl (C=O) groups is 1. The quantitative estimate of drug-likeness (QED) is 0.395. The van der Waals surface area contributed by atoms with E-state index in [-0.39, 0.29) is 5.91 Å². The van der Waals surface area contributed by atoms with Gasteiger partial charge in [-0.25, -0.2) is 4.98 Å². The predicted molar refractivity (Wildman–Crippen MR) is 139 cm³/mol. The van der Waals surface area contributed by atoms with Crippen molar-refractivity contribution in [1.29, 1.82) is 0 Å². The maximum absolute atomic E-state index is 12.3. The summed E-state index contributed by atoms with van der Waals surface area (Å²) in [7, 11) is 0. The van der Waals surface area contributed by atoms with E-state index >= 15 is 0 Å². The second-order valence-corrected chi connectivity index (χ2v) is 8.86. The Kier molecular flexibility index (Phi) is 8.63. The monoisotopic (exact) mass is 457 g/mol. The molecule has 0 bridgehead atoms. The van der Waals surface area contributed by atoms with E-state index in [1.165, 1.54) is 18.6 Å². The van der Waals surface area contributed by atoms with Gasteiger partial charge in [0, 0.05) is 30.1 Å². The van der Waals surface area contributed by atoms with Crippen LogP contribution in [-0.2, 0) is 6.54 Å². The van der Waals surface area contributed by atoms with Crippen LogP contribution in [0.1, 0.15) is 61.6 Å². The van der Waals surface area contributed by atoms with Gasteiger partial charge >= 0.3 is 0 Å². The minimum atomic E-state index is -0.00668. The third-order valence-corrected chi connectivity index (χ3v) is 6.36. The number of hydrogen-bond acceptors (Lipinski definition) is 4. The summed E-state index contributed by atoms with van der Waals surface area (Å²) in [6.45, 7) is 4.40. The topological polar surface area (TPSA) is 73.4 Å². The van der Waals surface area contributed by atoms with Crippen molar-refractivity contribution in [1.82, 2.24) is 20.2 Å². The molecule has 0 saturated heterocycles. The fraction of sp³-hybridized carbons (Fsp3) is 0.393. The van der Waals surface area contributed by atoms with Crippen molar-refractivity contribution < 1.29 is 4.79 Å². The van der Waals surface area contributed by atoms with Crippen LogP contribution in [0.5, 0.6) is 0 Å². The number of hydrogen-bond donors (Lipinski definition) is 2. The van der Waals surface area contributed by atoms with Crippen molar-refractivity contribution in [2.45, 2.75) is 58.0 Å². The van der Waals surface area contributed by atoms with Gasteiger partial charge in [0.25, 0.3) is 5.91 Å². The van der Waals surface area contributed by atoms with Crippen LogP contribution in [0.2, 0.25) is 0 Å². The Morgan fingerprint density at radius 3 is 2.79 bits per heavy atom. The first-order valence-corrected chi connectivity index (χ1v) is 12.4. The number of amides is 1. The third-order valence-electron chi connectivity index (χ3n) is 6.36. The molecule has 3 aromatic rings. The Labute approximate surface area is 202 Å². The summed E-state index contributed by atoms with van der Waals surface area (Å²) < 4.78 is 0. The SMILES string of the molecule is C/C=C\N=C1CCCCC1N(CCCCNC(=O)c1ccccc1)Cc1nc2ccccc2[nH]1. The smallest absolute Gasteiger partial charge is 0.251 e. The molecule has 2 aromatic carbocycles. The molecule has 178 valence electrons. The minimum absolute atomic E-state index is 0.00668. The molecule has 1 heterocycles. The molecule has 1 saturated carbocycles. The number of rotatable bonds is 10. The Bertz CT molecular complexity index is 1090. The standard InChI is InChI=1S/C28H35N5O/c1-2-18-29-25-16-8-9-17-26(25)33(21-27-31-23-14-6-7-15-24(23)32-27)20-11-10-19-30-28(34)22-12-4-3-5-13-22/h2-7,12-15,18,26H,8-11,16-17,19-21H2,1H3,(H,30,34)(H,31,32)/b18-2-,29-25?. The Morgan fingerprint density at radius 2 is 1.97 bits per heavy atom. The van der Waals surface area contributed by atoms with E-state index in [0.717, 1.165) is 55.6 Å². The first kappa shape index (κ1) is 23.9. The predicted octanol–water partition coefficient (Wildman–Crippen LogP) is 5.49. The molecule has 1 fully saturated rings. The number of fused-ring (bicyclic) bond motifs is 1. The second-order valence-electron chi connectivity index (χ2n) is 8.86. The Hall–Kier alpha value is -3.25. The highest BCUT2D eigenvalue weighted by Gasteiger charge is 2.27. The molecule has 1 amide bonds. The molecule has 4 rings (SSSR count). The van der Waals surface area contributed by atoms with Crippen molar-refractivity contribution >= 4 is 22.7 Å². The van der Waals surface area contributed by atoms with Gasteiger partial charge in [0.15, 0.2) is 0 Å². The molecule has 0 spiro atoms. The number of nitrogens with zero attached hydrogens (tertiary/aromatic N) is 3. The van der Waals surface area contributed by atoms with Gasteiger partial charge < -0.3 is 10.3 Å². The molecular weight excluding hydrogens is 422 g/mol. The second kappa shape index (κ2) is 12.3. The van der Waals surface area contributed by atoms with Crippen molar-refractivity contribution in [3.63, 3.8) is 0 Å². The molecule has 1 aliphatic rings. The number of H-pyrrole nitrogens is 1. The number of aliphatic imine (C=N–C) groups is 1. The van der Waals surface area contributed by atoms with Crippen molar-refractivity contribution in [2.24, 2.45) is 4.99 Å². The van der Waals surface area contributed by atoms with Gasteiger partial charge in [0.1, 0.15) is 5.82 Å². The van der Waals surface area contributed by atoms with Crippen LogP contribution >= 0.6 is 0 Å². The van der Waals surface area contributed by atoms with Gasteiger partial charge in [-0.15, -0.1) is 0 Å². The first-order chi connectivity index (χ1) is 16.7. The maximum Gasteiger partial charge on any atom is 0.251 e. The van der Waals surface area contributed by atoms with E-state index in [1.807, 2.05) is 61.7 Å². The molecule has 34 heavy (non-hydrogen) atoms. The lowest BCUT2D eigenvalue weighted by Gasteiger charge is -2.35. The summed E-state index contributed by atoms with van der Waals surface area (Å²) in [5.41, 5.74) is 4.07. The van der Waals surface area contributed by atoms with Gasteiger partial charge in [-0.3, -0.25) is 14.7 Å². The number of nitrogens with one attached hydrogen (secondary N) is 2. The first-order valence-electron chi connectivity index (χ1n) is 12.4.